The number of aliphatic hydroxyl groups is 1. The number of amides is 1. The molecular formula is C23H24N4O2. The third-order valence-electron chi connectivity index (χ3n) is 6.58. The number of carbonyl (C=O) groups is 1. The number of benzene rings is 2. The van der Waals surface area contributed by atoms with Gasteiger partial charge in [-0.2, -0.15) is 0 Å². The predicted molar refractivity (Wildman–Crippen MR) is 108 cm³/mol. The lowest BCUT2D eigenvalue weighted by Gasteiger charge is -2.41. The SMILES string of the molecule is O=C(c1ccc(-n2cnnc2)cc1)N1C[C@@H]2CCC[C@@](O)(c3ccccc3)[C@@H]2C1. The molecule has 5 rings (SSSR count). The molecule has 148 valence electrons. The average Bonchev–Trinajstić information content (AvgIpc) is 3.45. The maximum absolute atomic E-state index is 13.1. The first-order valence-corrected chi connectivity index (χ1v) is 10.2. The highest BCUT2D eigenvalue weighted by molar-refractivity contribution is 5.94. The Balaban J connectivity index is 1.36. The second-order valence-corrected chi connectivity index (χ2v) is 8.18. The van der Waals surface area contributed by atoms with E-state index in [4.69, 9.17) is 0 Å². The van der Waals surface area contributed by atoms with E-state index in [1.807, 2.05) is 59.5 Å². The molecule has 2 aromatic carbocycles. The van der Waals surface area contributed by atoms with Crippen molar-refractivity contribution >= 4 is 5.91 Å². The Hall–Kier alpha value is -2.99. The predicted octanol–water partition coefficient (Wildman–Crippen LogP) is 3.03. The highest BCUT2D eigenvalue weighted by Gasteiger charge is 2.50. The standard InChI is InChI=1S/C23H24N4O2/c28-22(17-8-10-20(11-9-17)27-15-24-25-16-27)26-13-18-5-4-12-23(29,21(18)14-26)19-6-2-1-3-7-19/h1-3,6-11,15-16,18,21,29H,4-5,12-14H2/t18-,21+,23+/m0/s1. The minimum atomic E-state index is -0.850. The molecule has 1 N–H and O–H groups in total. The first-order valence-electron chi connectivity index (χ1n) is 10.2. The maximum atomic E-state index is 13.1. The summed E-state index contributed by atoms with van der Waals surface area (Å²) in [6.45, 7) is 1.31. The summed E-state index contributed by atoms with van der Waals surface area (Å²) in [4.78, 5) is 15.1. The fourth-order valence-electron chi connectivity index (χ4n) is 5.07. The summed E-state index contributed by atoms with van der Waals surface area (Å²) in [6.07, 6.45) is 6.07. The van der Waals surface area contributed by atoms with E-state index in [0.717, 1.165) is 30.5 Å². The highest BCUT2D eigenvalue weighted by Crippen LogP contribution is 2.48. The van der Waals surface area contributed by atoms with Gasteiger partial charge in [-0.3, -0.25) is 9.36 Å². The van der Waals surface area contributed by atoms with Gasteiger partial charge in [0.05, 0.1) is 5.60 Å². The molecule has 1 aliphatic carbocycles. The number of likely N-dealkylation sites (tertiary alicyclic amines) is 1. The fraction of sp³-hybridized carbons (Fsp3) is 0.348. The Morgan fingerprint density at radius 1 is 1.00 bits per heavy atom. The van der Waals surface area contributed by atoms with Crippen molar-refractivity contribution in [3.8, 4) is 5.69 Å². The molecule has 2 fully saturated rings. The molecule has 2 heterocycles. The smallest absolute Gasteiger partial charge is 0.253 e. The number of hydrogen-bond donors (Lipinski definition) is 1. The van der Waals surface area contributed by atoms with E-state index in [9.17, 15) is 9.90 Å². The van der Waals surface area contributed by atoms with E-state index in [2.05, 4.69) is 10.2 Å². The lowest BCUT2D eigenvalue weighted by Crippen LogP contribution is -2.42. The van der Waals surface area contributed by atoms with E-state index in [1.54, 1.807) is 17.2 Å². The number of fused-ring (bicyclic) bond motifs is 1. The van der Waals surface area contributed by atoms with Crippen LogP contribution in [0.3, 0.4) is 0 Å². The van der Waals surface area contributed by atoms with Gasteiger partial charge in [-0.15, -0.1) is 10.2 Å². The van der Waals surface area contributed by atoms with E-state index < -0.39 is 5.60 Å². The quantitative estimate of drug-likeness (QED) is 0.749. The van der Waals surface area contributed by atoms with Gasteiger partial charge in [0.25, 0.3) is 5.91 Å². The van der Waals surface area contributed by atoms with Crippen LogP contribution in [-0.2, 0) is 5.60 Å². The summed E-state index contributed by atoms with van der Waals surface area (Å²) in [6, 6.07) is 17.5. The Morgan fingerprint density at radius 2 is 1.72 bits per heavy atom. The minimum absolute atomic E-state index is 0.0325. The van der Waals surface area contributed by atoms with Crippen molar-refractivity contribution in [3.63, 3.8) is 0 Å². The second-order valence-electron chi connectivity index (χ2n) is 8.18. The monoisotopic (exact) mass is 388 g/mol. The van der Waals surface area contributed by atoms with Gasteiger partial charge in [0.2, 0.25) is 0 Å². The topological polar surface area (TPSA) is 71.2 Å². The number of hydrogen-bond acceptors (Lipinski definition) is 4. The van der Waals surface area contributed by atoms with Gasteiger partial charge in [0.1, 0.15) is 12.7 Å². The van der Waals surface area contributed by atoms with Crippen LogP contribution in [0.1, 0.15) is 35.2 Å². The molecule has 2 aliphatic rings. The van der Waals surface area contributed by atoms with Gasteiger partial charge in [0.15, 0.2) is 0 Å². The fourth-order valence-corrected chi connectivity index (χ4v) is 5.07. The van der Waals surface area contributed by atoms with Gasteiger partial charge in [-0.25, -0.2) is 0 Å². The van der Waals surface area contributed by atoms with Crippen LogP contribution in [0, 0.1) is 11.8 Å². The third kappa shape index (κ3) is 3.13. The van der Waals surface area contributed by atoms with Crippen LogP contribution in [0.2, 0.25) is 0 Å². The zero-order valence-corrected chi connectivity index (χ0v) is 16.2. The molecular weight excluding hydrogens is 364 g/mol. The molecule has 1 saturated carbocycles. The van der Waals surface area contributed by atoms with E-state index >= 15 is 0 Å². The van der Waals surface area contributed by atoms with Crippen molar-refractivity contribution in [2.75, 3.05) is 13.1 Å². The van der Waals surface area contributed by atoms with Crippen LogP contribution < -0.4 is 0 Å². The summed E-state index contributed by atoms with van der Waals surface area (Å²) in [5.41, 5.74) is 1.71. The van der Waals surface area contributed by atoms with Crippen molar-refractivity contribution < 1.29 is 9.90 Å². The Morgan fingerprint density at radius 3 is 2.45 bits per heavy atom. The zero-order valence-electron chi connectivity index (χ0n) is 16.2. The van der Waals surface area contributed by atoms with E-state index in [0.29, 0.717) is 24.6 Å². The van der Waals surface area contributed by atoms with Crippen molar-refractivity contribution in [1.29, 1.82) is 0 Å². The maximum Gasteiger partial charge on any atom is 0.253 e. The summed E-state index contributed by atoms with van der Waals surface area (Å²) >= 11 is 0. The zero-order chi connectivity index (χ0) is 19.8. The van der Waals surface area contributed by atoms with Gasteiger partial charge in [-0.1, -0.05) is 30.3 Å². The lowest BCUT2D eigenvalue weighted by molar-refractivity contribution is -0.0644. The van der Waals surface area contributed by atoms with Crippen molar-refractivity contribution in [2.45, 2.75) is 24.9 Å². The van der Waals surface area contributed by atoms with E-state index in [1.165, 1.54) is 0 Å². The molecule has 1 aliphatic heterocycles. The molecule has 0 radical (unpaired) electrons. The number of carbonyl (C=O) groups excluding carboxylic acids is 1. The van der Waals surface area contributed by atoms with Gasteiger partial charge in [-0.05, 0) is 55.0 Å². The van der Waals surface area contributed by atoms with Gasteiger partial charge >= 0.3 is 0 Å². The Kier molecular flexibility index (Phi) is 4.43. The average molecular weight is 388 g/mol. The first kappa shape index (κ1) is 18.1. The summed E-state index contributed by atoms with van der Waals surface area (Å²) in [7, 11) is 0. The molecule has 29 heavy (non-hydrogen) atoms. The number of nitrogens with zero attached hydrogens (tertiary/aromatic N) is 4. The molecule has 3 atom stereocenters. The number of rotatable bonds is 3. The molecule has 3 aromatic rings. The van der Waals surface area contributed by atoms with Gasteiger partial charge in [0, 0.05) is 30.3 Å². The largest absolute Gasteiger partial charge is 0.385 e. The molecule has 1 amide bonds. The molecule has 0 bridgehead atoms. The summed E-state index contributed by atoms with van der Waals surface area (Å²) in [5.74, 6) is 0.457. The number of aromatic nitrogens is 3. The van der Waals surface area contributed by atoms with Crippen LogP contribution in [-0.4, -0.2) is 43.8 Å². The molecule has 1 aromatic heterocycles. The van der Waals surface area contributed by atoms with E-state index in [-0.39, 0.29) is 11.8 Å². The summed E-state index contributed by atoms with van der Waals surface area (Å²) < 4.78 is 1.80. The van der Waals surface area contributed by atoms with Crippen LogP contribution in [0.5, 0.6) is 0 Å². The van der Waals surface area contributed by atoms with Crippen LogP contribution in [0.4, 0.5) is 0 Å². The Bertz CT molecular complexity index is 987. The van der Waals surface area contributed by atoms with Crippen LogP contribution in [0.25, 0.3) is 5.69 Å². The van der Waals surface area contributed by atoms with Crippen molar-refractivity contribution in [3.05, 3.63) is 78.4 Å². The normalized spacial score (nSPS) is 26.3. The molecule has 0 spiro atoms. The second kappa shape index (κ2) is 7.12. The molecule has 1 saturated heterocycles. The van der Waals surface area contributed by atoms with Crippen molar-refractivity contribution in [2.24, 2.45) is 11.8 Å². The van der Waals surface area contributed by atoms with Gasteiger partial charge < -0.3 is 10.0 Å². The summed E-state index contributed by atoms with van der Waals surface area (Å²) in [5, 5.41) is 19.2. The lowest BCUT2D eigenvalue weighted by atomic mass is 9.67. The van der Waals surface area contributed by atoms with Crippen molar-refractivity contribution in [1.82, 2.24) is 19.7 Å². The minimum Gasteiger partial charge on any atom is -0.385 e. The first-order chi connectivity index (χ1) is 14.1. The highest BCUT2D eigenvalue weighted by atomic mass is 16.3. The molecule has 0 unspecified atom stereocenters. The Labute approximate surface area is 169 Å². The third-order valence-corrected chi connectivity index (χ3v) is 6.58. The van der Waals surface area contributed by atoms with Crippen LogP contribution >= 0.6 is 0 Å². The molecule has 6 heteroatoms. The molecule has 6 nitrogen and oxygen atoms in total. The van der Waals surface area contributed by atoms with Crippen LogP contribution in [0.15, 0.2) is 67.3 Å².